The Kier molecular flexibility index (Phi) is 5.68. The minimum absolute atomic E-state index is 0.0268. The van der Waals surface area contributed by atoms with Crippen molar-refractivity contribution in [2.24, 2.45) is 0 Å². The van der Waals surface area contributed by atoms with E-state index in [9.17, 15) is 14.0 Å². The van der Waals surface area contributed by atoms with Gasteiger partial charge in [0.15, 0.2) is 0 Å². The maximum atomic E-state index is 13.1. The van der Waals surface area contributed by atoms with Crippen LogP contribution in [-0.4, -0.2) is 35.3 Å². The van der Waals surface area contributed by atoms with Crippen molar-refractivity contribution in [2.45, 2.75) is 26.2 Å². The molecule has 128 valence electrons. The summed E-state index contributed by atoms with van der Waals surface area (Å²) in [6.45, 7) is 4.08. The standard InChI is InChI=1S/C17H20FN3O3/c1-11(2)16-14(17(23)19-9-8-15(22)24-3)10-20-21(16)13-6-4-12(18)5-7-13/h4-7,10-11H,8-9H2,1-3H3,(H,19,23). The molecular weight excluding hydrogens is 313 g/mol. The molecule has 24 heavy (non-hydrogen) atoms. The highest BCUT2D eigenvalue weighted by atomic mass is 19.1. The molecule has 1 aromatic heterocycles. The van der Waals surface area contributed by atoms with Gasteiger partial charge in [0.2, 0.25) is 0 Å². The van der Waals surface area contributed by atoms with Gasteiger partial charge in [-0.3, -0.25) is 9.59 Å². The van der Waals surface area contributed by atoms with Crippen molar-refractivity contribution in [3.05, 3.63) is 47.5 Å². The quantitative estimate of drug-likeness (QED) is 0.824. The zero-order valence-electron chi connectivity index (χ0n) is 13.9. The van der Waals surface area contributed by atoms with Crippen LogP contribution in [0.15, 0.2) is 30.5 Å². The zero-order valence-corrected chi connectivity index (χ0v) is 13.9. The van der Waals surface area contributed by atoms with E-state index in [0.29, 0.717) is 11.3 Å². The molecule has 2 aromatic rings. The maximum absolute atomic E-state index is 13.1. The summed E-state index contributed by atoms with van der Waals surface area (Å²) < 4.78 is 19.3. The van der Waals surface area contributed by atoms with Gasteiger partial charge in [-0.15, -0.1) is 0 Å². The van der Waals surface area contributed by atoms with Crippen molar-refractivity contribution in [3.63, 3.8) is 0 Å². The van der Waals surface area contributed by atoms with Gasteiger partial charge < -0.3 is 10.1 Å². The minimum atomic E-state index is -0.388. The van der Waals surface area contributed by atoms with E-state index in [4.69, 9.17) is 0 Å². The Bertz CT molecular complexity index is 723. The molecule has 1 aromatic carbocycles. The number of amides is 1. The van der Waals surface area contributed by atoms with E-state index in [0.717, 1.165) is 5.69 Å². The van der Waals surface area contributed by atoms with Gasteiger partial charge in [-0.25, -0.2) is 9.07 Å². The average Bonchev–Trinajstić information content (AvgIpc) is 3.00. The minimum Gasteiger partial charge on any atom is -0.469 e. The Hall–Kier alpha value is -2.70. The fourth-order valence-corrected chi connectivity index (χ4v) is 2.35. The van der Waals surface area contributed by atoms with Gasteiger partial charge in [0.1, 0.15) is 5.82 Å². The van der Waals surface area contributed by atoms with Gasteiger partial charge in [-0.1, -0.05) is 13.8 Å². The highest BCUT2D eigenvalue weighted by Crippen LogP contribution is 2.23. The number of benzene rings is 1. The molecule has 0 radical (unpaired) electrons. The van der Waals surface area contributed by atoms with E-state index < -0.39 is 0 Å². The predicted octanol–water partition coefficient (Wildman–Crippen LogP) is 2.43. The number of hydrogen-bond acceptors (Lipinski definition) is 4. The fourth-order valence-electron chi connectivity index (χ4n) is 2.35. The number of halogens is 1. The van der Waals surface area contributed by atoms with Crippen LogP contribution >= 0.6 is 0 Å². The molecule has 0 saturated heterocycles. The smallest absolute Gasteiger partial charge is 0.307 e. The van der Waals surface area contributed by atoms with Crippen molar-refractivity contribution in [2.75, 3.05) is 13.7 Å². The van der Waals surface area contributed by atoms with Crippen LogP contribution in [-0.2, 0) is 9.53 Å². The van der Waals surface area contributed by atoms with Gasteiger partial charge in [0, 0.05) is 6.54 Å². The molecule has 0 bridgehead atoms. The number of ether oxygens (including phenoxy) is 1. The van der Waals surface area contributed by atoms with Crippen molar-refractivity contribution < 1.29 is 18.7 Å². The molecule has 0 saturated carbocycles. The van der Waals surface area contributed by atoms with Gasteiger partial charge in [0.05, 0.1) is 36.7 Å². The van der Waals surface area contributed by atoms with Crippen LogP contribution in [0.3, 0.4) is 0 Å². The van der Waals surface area contributed by atoms with Crippen LogP contribution in [0.5, 0.6) is 0 Å². The Morgan fingerprint density at radius 1 is 1.29 bits per heavy atom. The first-order valence-electron chi connectivity index (χ1n) is 7.63. The largest absolute Gasteiger partial charge is 0.469 e. The summed E-state index contributed by atoms with van der Waals surface area (Å²) in [5.74, 6) is -1.01. The van der Waals surface area contributed by atoms with Crippen LogP contribution in [0.1, 0.15) is 42.2 Å². The number of rotatable bonds is 6. The molecule has 0 atom stereocenters. The molecule has 0 aliphatic carbocycles. The number of hydrogen-bond donors (Lipinski definition) is 1. The number of nitrogens with one attached hydrogen (secondary N) is 1. The Balaban J connectivity index is 2.23. The number of carbonyl (C=O) groups is 2. The molecule has 0 fully saturated rings. The second kappa shape index (κ2) is 7.72. The van der Waals surface area contributed by atoms with E-state index in [-0.39, 0.29) is 36.6 Å². The third kappa shape index (κ3) is 3.98. The lowest BCUT2D eigenvalue weighted by molar-refractivity contribution is -0.140. The van der Waals surface area contributed by atoms with Gasteiger partial charge in [-0.05, 0) is 30.2 Å². The third-order valence-electron chi connectivity index (χ3n) is 3.51. The first kappa shape index (κ1) is 17.7. The maximum Gasteiger partial charge on any atom is 0.307 e. The molecule has 0 spiro atoms. The lowest BCUT2D eigenvalue weighted by Crippen LogP contribution is -2.27. The van der Waals surface area contributed by atoms with Crippen LogP contribution in [0.4, 0.5) is 4.39 Å². The summed E-state index contributed by atoms with van der Waals surface area (Å²) in [7, 11) is 1.30. The van der Waals surface area contributed by atoms with Crippen LogP contribution < -0.4 is 5.32 Å². The van der Waals surface area contributed by atoms with Gasteiger partial charge >= 0.3 is 5.97 Å². The first-order valence-corrected chi connectivity index (χ1v) is 7.63. The Labute approximate surface area is 139 Å². The van der Waals surface area contributed by atoms with Gasteiger partial charge in [-0.2, -0.15) is 5.10 Å². The van der Waals surface area contributed by atoms with Crippen LogP contribution in [0.25, 0.3) is 5.69 Å². The lowest BCUT2D eigenvalue weighted by Gasteiger charge is -2.13. The number of carbonyl (C=O) groups excluding carboxylic acids is 2. The molecule has 7 heteroatoms. The third-order valence-corrected chi connectivity index (χ3v) is 3.51. The molecule has 1 amide bonds. The molecule has 1 heterocycles. The van der Waals surface area contributed by atoms with E-state index >= 15 is 0 Å². The zero-order chi connectivity index (χ0) is 17.7. The van der Waals surface area contributed by atoms with E-state index in [2.05, 4.69) is 15.2 Å². The molecule has 0 aliphatic heterocycles. The van der Waals surface area contributed by atoms with Crippen LogP contribution in [0.2, 0.25) is 0 Å². The first-order chi connectivity index (χ1) is 11.4. The van der Waals surface area contributed by atoms with E-state index in [1.807, 2.05) is 13.8 Å². The molecule has 1 N–H and O–H groups in total. The Morgan fingerprint density at radius 3 is 2.54 bits per heavy atom. The summed E-state index contributed by atoms with van der Waals surface area (Å²) in [6.07, 6.45) is 1.58. The van der Waals surface area contributed by atoms with Crippen molar-refractivity contribution >= 4 is 11.9 Å². The monoisotopic (exact) mass is 333 g/mol. The highest BCUT2D eigenvalue weighted by Gasteiger charge is 2.20. The number of methoxy groups -OCH3 is 1. The number of nitrogens with zero attached hydrogens (tertiary/aromatic N) is 2. The fraction of sp³-hybridized carbons (Fsp3) is 0.353. The number of esters is 1. The summed E-state index contributed by atoms with van der Waals surface area (Å²) in [6, 6.07) is 5.90. The molecule has 2 rings (SSSR count). The predicted molar refractivity (Wildman–Crippen MR) is 86.6 cm³/mol. The van der Waals surface area contributed by atoms with Crippen molar-refractivity contribution in [1.29, 1.82) is 0 Å². The average molecular weight is 333 g/mol. The normalized spacial score (nSPS) is 10.7. The molecule has 0 unspecified atom stereocenters. The molecule has 6 nitrogen and oxygen atoms in total. The second-order valence-electron chi connectivity index (χ2n) is 5.57. The number of aromatic nitrogens is 2. The topological polar surface area (TPSA) is 73.2 Å². The summed E-state index contributed by atoms with van der Waals surface area (Å²) in [5, 5.41) is 6.94. The molecular formula is C17H20FN3O3. The lowest BCUT2D eigenvalue weighted by atomic mass is 10.0. The molecule has 0 aliphatic rings. The summed E-state index contributed by atoms with van der Waals surface area (Å²) in [4.78, 5) is 23.5. The summed E-state index contributed by atoms with van der Waals surface area (Å²) in [5.41, 5.74) is 1.82. The van der Waals surface area contributed by atoms with E-state index in [1.54, 1.807) is 16.8 Å². The van der Waals surface area contributed by atoms with E-state index in [1.165, 1.54) is 25.4 Å². The van der Waals surface area contributed by atoms with Gasteiger partial charge in [0.25, 0.3) is 5.91 Å². The second-order valence-corrected chi connectivity index (χ2v) is 5.57. The van der Waals surface area contributed by atoms with Crippen molar-refractivity contribution in [1.82, 2.24) is 15.1 Å². The summed E-state index contributed by atoms with van der Waals surface area (Å²) >= 11 is 0. The highest BCUT2D eigenvalue weighted by molar-refractivity contribution is 5.95. The SMILES string of the molecule is COC(=O)CCNC(=O)c1cnn(-c2ccc(F)cc2)c1C(C)C. The Morgan fingerprint density at radius 2 is 1.96 bits per heavy atom. The van der Waals surface area contributed by atoms with Crippen molar-refractivity contribution in [3.8, 4) is 5.69 Å². The van der Waals surface area contributed by atoms with Crippen LogP contribution in [0, 0.1) is 5.82 Å².